The van der Waals surface area contributed by atoms with Gasteiger partial charge in [0, 0.05) is 23.2 Å². The fourth-order valence-electron chi connectivity index (χ4n) is 2.16. The first-order chi connectivity index (χ1) is 11.4. The first kappa shape index (κ1) is 17.9. The summed E-state index contributed by atoms with van der Waals surface area (Å²) in [5, 5.41) is 11.3. The summed E-state index contributed by atoms with van der Waals surface area (Å²) in [6.07, 6.45) is 0.453. The molecule has 8 nitrogen and oxygen atoms in total. The highest BCUT2D eigenvalue weighted by atomic mass is 35.5. The quantitative estimate of drug-likeness (QED) is 0.375. The Hall–Kier alpha value is -2.45. The largest absolute Gasteiger partial charge is 0.351 e. The van der Waals surface area contributed by atoms with Crippen LogP contribution in [-0.4, -0.2) is 26.8 Å². The van der Waals surface area contributed by atoms with Crippen LogP contribution < -0.4 is 10.6 Å². The standard InChI is InChI=1S/C14H13Cl2N5O3/c1-8-9(6-7-15)12(16)19-14(18-8)20(13(17)22)10-4-2-3-5-11(10)21(23)24/h2-5H,6-7H2,1H3,(H2,17,22). The molecule has 0 fully saturated rings. The zero-order valence-corrected chi connectivity index (χ0v) is 14.1. The summed E-state index contributed by atoms with van der Waals surface area (Å²) in [7, 11) is 0. The number of aromatic nitrogens is 2. The predicted octanol–water partition coefficient (Wildman–Crippen LogP) is 3.34. The molecular formula is C14H13Cl2N5O3. The molecule has 0 unspecified atom stereocenters. The van der Waals surface area contributed by atoms with Crippen molar-refractivity contribution >= 4 is 46.6 Å². The molecule has 2 rings (SSSR count). The molecule has 0 aliphatic carbocycles. The minimum absolute atomic E-state index is 0.0458. The number of amides is 2. The number of aryl methyl sites for hydroxylation is 1. The molecule has 2 aromatic rings. The highest BCUT2D eigenvalue weighted by molar-refractivity contribution is 6.30. The van der Waals surface area contributed by atoms with E-state index in [2.05, 4.69) is 9.97 Å². The minimum Gasteiger partial charge on any atom is -0.351 e. The van der Waals surface area contributed by atoms with E-state index in [-0.39, 0.29) is 22.5 Å². The maximum absolute atomic E-state index is 11.9. The van der Waals surface area contributed by atoms with Gasteiger partial charge in [0.25, 0.3) is 5.69 Å². The van der Waals surface area contributed by atoms with E-state index in [0.29, 0.717) is 23.6 Å². The highest BCUT2D eigenvalue weighted by Gasteiger charge is 2.27. The van der Waals surface area contributed by atoms with Crippen LogP contribution in [0.2, 0.25) is 5.15 Å². The molecule has 1 heterocycles. The summed E-state index contributed by atoms with van der Waals surface area (Å²) >= 11 is 11.8. The van der Waals surface area contributed by atoms with E-state index in [1.807, 2.05) is 0 Å². The smallest absolute Gasteiger partial charge is 0.326 e. The number of alkyl halides is 1. The van der Waals surface area contributed by atoms with Crippen LogP contribution in [0.1, 0.15) is 11.3 Å². The first-order valence-corrected chi connectivity index (χ1v) is 7.70. The molecule has 1 aromatic carbocycles. The number of primary amides is 1. The molecule has 0 radical (unpaired) electrons. The number of anilines is 2. The van der Waals surface area contributed by atoms with Gasteiger partial charge in [-0.1, -0.05) is 23.7 Å². The number of rotatable bonds is 5. The minimum atomic E-state index is -0.968. The molecule has 0 saturated heterocycles. The van der Waals surface area contributed by atoms with Crippen molar-refractivity contribution in [3.8, 4) is 0 Å². The number of hydrogen-bond acceptors (Lipinski definition) is 5. The molecule has 2 amide bonds. The number of halogens is 2. The van der Waals surface area contributed by atoms with Crippen molar-refractivity contribution in [2.75, 3.05) is 10.8 Å². The number of nitro benzene ring substituents is 1. The Morgan fingerprint density at radius 2 is 2.04 bits per heavy atom. The highest BCUT2D eigenvalue weighted by Crippen LogP contribution is 2.33. The van der Waals surface area contributed by atoms with Crippen LogP contribution in [0.4, 0.5) is 22.1 Å². The summed E-state index contributed by atoms with van der Waals surface area (Å²) < 4.78 is 0. The number of nitro groups is 1. The second-order valence-electron chi connectivity index (χ2n) is 4.74. The number of nitrogens with zero attached hydrogens (tertiary/aromatic N) is 4. The molecule has 0 bridgehead atoms. The molecule has 1 aromatic heterocycles. The molecule has 24 heavy (non-hydrogen) atoms. The third kappa shape index (κ3) is 3.55. The van der Waals surface area contributed by atoms with Gasteiger partial charge in [0.1, 0.15) is 10.8 Å². The first-order valence-electron chi connectivity index (χ1n) is 6.78. The Morgan fingerprint density at radius 1 is 1.38 bits per heavy atom. The van der Waals surface area contributed by atoms with Crippen LogP contribution in [-0.2, 0) is 6.42 Å². The average Bonchev–Trinajstić information content (AvgIpc) is 2.51. The van der Waals surface area contributed by atoms with Crippen molar-refractivity contribution < 1.29 is 9.72 Å². The van der Waals surface area contributed by atoms with Gasteiger partial charge in [0.05, 0.1) is 4.92 Å². The zero-order chi connectivity index (χ0) is 17.9. The van der Waals surface area contributed by atoms with Crippen LogP contribution in [0.3, 0.4) is 0 Å². The van der Waals surface area contributed by atoms with E-state index in [1.165, 1.54) is 24.3 Å². The van der Waals surface area contributed by atoms with Gasteiger partial charge < -0.3 is 5.73 Å². The molecule has 126 valence electrons. The summed E-state index contributed by atoms with van der Waals surface area (Å²) in [6.45, 7) is 1.68. The molecule has 0 aliphatic rings. The Bertz CT molecular complexity index is 777. The third-order valence-corrected chi connectivity index (χ3v) is 3.74. The van der Waals surface area contributed by atoms with E-state index in [0.717, 1.165) is 4.90 Å². The number of nitrogens with two attached hydrogens (primary N) is 1. The lowest BCUT2D eigenvalue weighted by Gasteiger charge is -2.19. The van der Waals surface area contributed by atoms with Gasteiger partial charge in [-0.3, -0.25) is 10.1 Å². The van der Waals surface area contributed by atoms with E-state index in [4.69, 9.17) is 28.9 Å². The van der Waals surface area contributed by atoms with Gasteiger partial charge in [-0.15, -0.1) is 11.6 Å². The molecule has 2 N–H and O–H groups in total. The summed E-state index contributed by atoms with van der Waals surface area (Å²) in [4.78, 5) is 31.6. The fourth-order valence-corrected chi connectivity index (χ4v) is 2.65. The molecule has 0 atom stereocenters. The molecule has 10 heteroatoms. The lowest BCUT2D eigenvalue weighted by atomic mass is 10.2. The summed E-state index contributed by atoms with van der Waals surface area (Å²) in [5.74, 6) is 0.185. The maximum Gasteiger partial charge on any atom is 0.326 e. The number of carbonyl (C=O) groups is 1. The van der Waals surface area contributed by atoms with Crippen molar-refractivity contribution in [2.45, 2.75) is 13.3 Å². The molecule has 0 aliphatic heterocycles. The lowest BCUT2D eigenvalue weighted by Crippen LogP contribution is -2.33. The number of hydrogen-bond donors (Lipinski definition) is 1. The van der Waals surface area contributed by atoms with Crippen LogP contribution >= 0.6 is 23.2 Å². The number of carbonyl (C=O) groups excluding carboxylic acids is 1. The van der Waals surface area contributed by atoms with Gasteiger partial charge in [0.2, 0.25) is 5.95 Å². The topological polar surface area (TPSA) is 115 Å². The fraction of sp³-hybridized carbons (Fsp3) is 0.214. The Kier molecular flexibility index (Phi) is 5.53. The van der Waals surface area contributed by atoms with E-state index in [9.17, 15) is 14.9 Å². The van der Waals surface area contributed by atoms with E-state index >= 15 is 0 Å². The van der Waals surface area contributed by atoms with E-state index in [1.54, 1.807) is 6.92 Å². The van der Waals surface area contributed by atoms with Crippen molar-refractivity contribution in [2.24, 2.45) is 5.73 Å². The second-order valence-corrected chi connectivity index (χ2v) is 5.47. The van der Waals surface area contributed by atoms with Crippen molar-refractivity contribution in [3.05, 3.63) is 50.8 Å². The predicted molar refractivity (Wildman–Crippen MR) is 91.0 cm³/mol. The number of para-hydroxylation sites is 2. The summed E-state index contributed by atoms with van der Waals surface area (Å²) in [5.41, 5.74) is 6.18. The average molecular weight is 370 g/mol. The van der Waals surface area contributed by atoms with Gasteiger partial charge in [0.15, 0.2) is 0 Å². The second kappa shape index (κ2) is 7.41. The lowest BCUT2D eigenvalue weighted by molar-refractivity contribution is -0.384. The zero-order valence-electron chi connectivity index (χ0n) is 12.6. The van der Waals surface area contributed by atoms with Crippen LogP contribution in [0.15, 0.2) is 24.3 Å². The number of urea groups is 1. The van der Waals surface area contributed by atoms with Crippen LogP contribution in [0, 0.1) is 17.0 Å². The number of benzene rings is 1. The Morgan fingerprint density at radius 3 is 2.58 bits per heavy atom. The third-order valence-electron chi connectivity index (χ3n) is 3.24. The van der Waals surface area contributed by atoms with Crippen LogP contribution in [0.25, 0.3) is 0 Å². The summed E-state index contributed by atoms with van der Waals surface area (Å²) in [6, 6.07) is 4.67. The van der Waals surface area contributed by atoms with Gasteiger partial charge in [-0.25, -0.2) is 14.7 Å². The monoisotopic (exact) mass is 369 g/mol. The van der Waals surface area contributed by atoms with Gasteiger partial charge in [-0.05, 0) is 19.4 Å². The van der Waals surface area contributed by atoms with Crippen molar-refractivity contribution in [1.82, 2.24) is 9.97 Å². The maximum atomic E-state index is 11.9. The van der Waals surface area contributed by atoms with Gasteiger partial charge in [-0.2, -0.15) is 4.98 Å². The molecule has 0 spiro atoms. The molecule has 0 saturated carbocycles. The Balaban J connectivity index is 2.62. The van der Waals surface area contributed by atoms with Gasteiger partial charge >= 0.3 is 6.03 Å². The van der Waals surface area contributed by atoms with Crippen molar-refractivity contribution in [1.29, 1.82) is 0 Å². The van der Waals surface area contributed by atoms with E-state index < -0.39 is 11.0 Å². The van der Waals surface area contributed by atoms with Crippen LogP contribution in [0.5, 0.6) is 0 Å². The Labute approximate surface area is 147 Å². The molecular weight excluding hydrogens is 357 g/mol. The van der Waals surface area contributed by atoms with Crippen molar-refractivity contribution in [3.63, 3.8) is 0 Å². The SMILES string of the molecule is Cc1nc(N(C(N)=O)c2ccccc2[N+](=O)[O-])nc(Cl)c1CCCl. The normalized spacial score (nSPS) is 10.5.